The average molecular weight is 300 g/mol. The number of aryl methyl sites for hydroxylation is 1. The number of nitrogens with one attached hydrogen (secondary N) is 1. The quantitative estimate of drug-likeness (QED) is 0.834. The van der Waals surface area contributed by atoms with E-state index >= 15 is 0 Å². The van der Waals surface area contributed by atoms with Gasteiger partial charge in [-0.25, -0.2) is 0 Å². The van der Waals surface area contributed by atoms with Gasteiger partial charge in [0.05, 0.1) is 6.54 Å². The molecule has 0 unspecified atom stereocenters. The highest BCUT2D eigenvalue weighted by molar-refractivity contribution is 5.91. The van der Waals surface area contributed by atoms with Crippen molar-refractivity contribution in [2.75, 3.05) is 25.1 Å². The molecule has 4 nitrogen and oxygen atoms in total. The van der Waals surface area contributed by atoms with Gasteiger partial charge in [0.25, 0.3) is 0 Å². The summed E-state index contributed by atoms with van der Waals surface area (Å²) in [6.07, 6.45) is -4.44. The van der Waals surface area contributed by atoms with Gasteiger partial charge in [-0.05, 0) is 30.7 Å². The van der Waals surface area contributed by atoms with Gasteiger partial charge in [0.1, 0.15) is 13.2 Å². The van der Waals surface area contributed by atoms with Crippen molar-refractivity contribution in [2.45, 2.75) is 13.1 Å². The average Bonchev–Trinajstić information content (AvgIpc) is 2.36. The van der Waals surface area contributed by atoms with E-state index in [0.717, 1.165) is 11.1 Å². The molecule has 0 aliphatic heterocycles. The van der Waals surface area contributed by atoms with Crippen LogP contribution in [0.3, 0.4) is 0 Å². The minimum absolute atomic E-state index is 0.245. The SMILES string of the molecule is Cc1cc(NC(=O)COCC(F)(F)F)ccc1C#CCN. The Labute approximate surface area is 120 Å². The van der Waals surface area contributed by atoms with Crippen LogP contribution in [0.25, 0.3) is 0 Å². The van der Waals surface area contributed by atoms with Crippen molar-refractivity contribution in [2.24, 2.45) is 5.73 Å². The fraction of sp³-hybridized carbons (Fsp3) is 0.357. The third-order valence-corrected chi connectivity index (χ3v) is 2.33. The van der Waals surface area contributed by atoms with E-state index in [9.17, 15) is 18.0 Å². The van der Waals surface area contributed by atoms with E-state index in [2.05, 4.69) is 21.9 Å². The summed E-state index contributed by atoms with van der Waals surface area (Å²) < 4.78 is 39.8. The van der Waals surface area contributed by atoms with Gasteiger partial charge in [0, 0.05) is 11.3 Å². The zero-order valence-electron chi connectivity index (χ0n) is 11.4. The monoisotopic (exact) mass is 300 g/mol. The Morgan fingerprint density at radius 1 is 1.43 bits per heavy atom. The molecule has 0 spiro atoms. The van der Waals surface area contributed by atoms with Gasteiger partial charge in [-0.2, -0.15) is 13.2 Å². The van der Waals surface area contributed by atoms with Gasteiger partial charge in [0.2, 0.25) is 5.91 Å². The molecular formula is C14H15F3N2O2. The maximum absolute atomic E-state index is 11.9. The smallest absolute Gasteiger partial charge is 0.362 e. The largest absolute Gasteiger partial charge is 0.411 e. The summed E-state index contributed by atoms with van der Waals surface area (Å²) >= 11 is 0. The van der Waals surface area contributed by atoms with Gasteiger partial charge in [-0.3, -0.25) is 4.79 Å². The number of alkyl halides is 3. The number of nitrogens with two attached hydrogens (primary N) is 1. The molecule has 1 aromatic carbocycles. The second-order valence-corrected chi connectivity index (χ2v) is 4.19. The summed E-state index contributed by atoms with van der Waals surface area (Å²) in [5.74, 6) is 4.92. The van der Waals surface area contributed by atoms with Crippen molar-refractivity contribution in [3.05, 3.63) is 29.3 Å². The van der Waals surface area contributed by atoms with Crippen molar-refractivity contribution < 1.29 is 22.7 Å². The molecule has 21 heavy (non-hydrogen) atoms. The van der Waals surface area contributed by atoms with E-state index in [-0.39, 0.29) is 6.54 Å². The predicted octanol–water partition coefficient (Wildman–Crippen LogP) is 1.82. The summed E-state index contributed by atoms with van der Waals surface area (Å²) in [4.78, 5) is 11.4. The molecule has 114 valence electrons. The van der Waals surface area contributed by atoms with Crippen LogP contribution in [0.4, 0.5) is 18.9 Å². The van der Waals surface area contributed by atoms with Crippen LogP contribution in [0.15, 0.2) is 18.2 Å². The number of amides is 1. The minimum atomic E-state index is -4.44. The molecule has 3 N–H and O–H groups in total. The van der Waals surface area contributed by atoms with Gasteiger partial charge < -0.3 is 15.8 Å². The number of benzene rings is 1. The molecule has 0 radical (unpaired) electrons. The normalized spacial score (nSPS) is 10.7. The molecule has 0 heterocycles. The second kappa shape index (κ2) is 7.67. The lowest BCUT2D eigenvalue weighted by Gasteiger charge is -2.09. The standard InChI is InChI=1S/C14H15F3N2O2/c1-10-7-12(5-4-11(10)3-2-6-18)19-13(20)8-21-9-14(15,16)17/h4-5,7H,6,8-9,18H2,1H3,(H,19,20). The van der Waals surface area contributed by atoms with E-state index in [1.54, 1.807) is 25.1 Å². The van der Waals surface area contributed by atoms with Gasteiger partial charge >= 0.3 is 6.18 Å². The molecule has 0 saturated carbocycles. The number of ether oxygens (including phenoxy) is 1. The number of anilines is 1. The van der Waals surface area contributed by atoms with Crippen LogP contribution in [0.2, 0.25) is 0 Å². The summed E-state index contributed by atoms with van der Waals surface area (Å²) in [7, 11) is 0. The van der Waals surface area contributed by atoms with Crippen molar-refractivity contribution in [1.82, 2.24) is 0 Å². The molecule has 7 heteroatoms. The number of carbonyl (C=O) groups excluding carboxylic acids is 1. The van der Waals surface area contributed by atoms with Crippen LogP contribution in [0.5, 0.6) is 0 Å². The molecule has 0 saturated heterocycles. The zero-order valence-corrected chi connectivity index (χ0v) is 11.4. The Morgan fingerprint density at radius 2 is 2.14 bits per heavy atom. The first-order valence-corrected chi connectivity index (χ1v) is 6.06. The lowest BCUT2D eigenvalue weighted by Crippen LogP contribution is -2.24. The fourth-order valence-corrected chi connectivity index (χ4v) is 1.48. The maximum atomic E-state index is 11.9. The molecule has 0 aliphatic carbocycles. The summed E-state index contributed by atoms with van der Waals surface area (Å²) in [5.41, 5.74) is 7.33. The van der Waals surface area contributed by atoms with Crippen LogP contribution in [-0.4, -0.2) is 31.8 Å². The first-order chi connectivity index (χ1) is 9.81. The Bertz CT molecular complexity index is 560. The van der Waals surface area contributed by atoms with Crippen molar-refractivity contribution in [3.8, 4) is 11.8 Å². The third-order valence-electron chi connectivity index (χ3n) is 2.33. The Morgan fingerprint density at radius 3 is 2.71 bits per heavy atom. The van der Waals surface area contributed by atoms with E-state index in [1.165, 1.54) is 0 Å². The van der Waals surface area contributed by atoms with Gasteiger partial charge in [0.15, 0.2) is 0 Å². The molecule has 1 amide bonds. The number of hydrogen-bond acceptors (Lipinski definition) is 3. The third kappa shape index (κ3) is 6.79. The molecule has 1 rings (SSSR count). The number of halogens is 3. The zero-order chi connectivity index (χ0) is 15.9. The first-order valence-electron chi connectivity index (χ1n) is 6.06. The van der Waals surface area contributed by atoms with Crippen LogP contribution in [-0.2, 0) is 9.53 Å². The van der Waals surface area contributed by atoms with Crippen molar-refractivity contribution >= 4 is 11.6 Å². The van der Waals surface area contributed by atoms with Crippen molar-refractivity contribution in [3.63, 3.8) is 0 Å². The van der Waals surface area contributed by atoms with Crippen LogP contribution in [0.1, 0.15) is 11.1 Å². The molecule has 1 aromatic rings. The summed E-state index contributed by atoms with van der Waals surface area (Å²) in [6.45, 7) is -0.0643. The second-order valence-electron chi connectivity index (χ2n) is 4.19. The molecule has 0 bridgehead atoms. The Hall–Kier alpha value is -2.04. The lowest BCUT2D eigenvalue weighted by atomic mass is 10.1. The summed E-state index contributed by atoms with van der Waals surface area (Å²) in [6, 6.07) is 4.97. The molecule has 0 aromatic heterocycles. The first kappa shape index (κ1) is 17.0. The van der Waals surface area contributed by atoms with E-state index < -0.39 is 25.3 Å². The van der Waals surface area contributed by atoms with E-state index in [1.807, 2.05) is 0 Å². The minimum Gasteiger partial charge on any atom is -0.362 e. The summed E-state index contributed by atoms with van der Waals surface area (Å²) in [5, 5.41) is 2.45. The predicted molar refractivity (Wildman–Crippen MR) is 72.6 cm³/mol. The highest BCUT2D eigenvalue weighted by Gasteiger charge is 2.27. The van der Waals surface area contributed by atoms with Crippen molar-refractivity contribution in [1.29, 1.82) is 0 Å². The highest BCUT2D eigenvalue weighted by atomic mass is 19.4. The van der Waals surface area contributed by atoms with Crippen LogP contribution in [0, 0.1) is 18.8 Å². The number of carbonyl (C=O) groups is 1. The Balaban J connectivity index is 2.55. The van der Waals surface area contributed by atoms with Gasteiger partial charge in [-0.1, -0.05) is 11.8 Å². The van der Waals surface area contributed by atoms with E-state index in [4.69, 9.17) is 5.73 Å². The fourth-order valence-electron chi connectivity index (χ4n) is 1.48. The maximum Gasteiger partial charge on any atom is 0.411 e. The number of rotatable bonds is 4. The lowest BCUT2D eigenvalue weighted by molar-refractivity contribution is -0.174. The van der Waals surface area contributed by atoms with Crippen LogP contribution < -0.4 is 11.1 Å². The molecular weight excluding hydrogens is 285 g/mol. The molecule has 0 aliphatic rings. The highest BCUT2D eigenvalue weighted by Crippen LogP contribution is 2.16. The van der Waals surface area contributed by atoms with Crippen LogP contribution >= 0.6 is 0 Å². The molecule has 0 atom stereocenters. The van der Waals surface area contributed by atoms with E-state index in [0.29, 0.717) is 5.69 Å². The number of hydrogen-bond donors (Lipinski definition) is 2. The van der Waals surface area contributed by atoms with Gasteiger partial charge in [-0.15, -0.1) is 0 Å². The molecule has 0 fully saturated rings. The topological polar surface area (TPSA) is 64.3 Å². The Kier molecular flexibility index (Phi) is 6.21.